The zero-order valence-corrected chi connectivity index (χ0v) is 12.7. The molecule has 0 radical (unpaired) electrons. The predicted octanol–water partition coefficient (Wildman–Crippen LogP) is 0.571. The Balaban J connectivity index is 2.29. The lowest BCUT2D eigenvalue weighted by Crippen LogP contribution is -2.58. The van der Waals surface area contributed by atoms with E-state index in [4.69, 9.17) is 10.5 Å². The molecule has 1 atom stereocenters. The van der Waals surface area contributed by atoms with Gasteiger partial charge in [-0.1, -0.05) is 0 Å². The number of nitrogens with two attached hydrogens (primary N) is 1. The third kappa shape index (κ3) is 2.65. The zero-order valence-electron chi connectivity index (χ0n) is 12.7. The maximum absolute atomic E-state index is 12.7. The number of primary amides is 1. The number of rotatable bonds is 5. The van der Waals surface area contributed by atoms with Crippen LogP contribution in [0.3, 0.4) is 0 Å². The first-order valence-corrected chi connectivity index (χ1v) is 7.06. The molecular weight excluding hydrogens is 272 g/mol. The molecule has 1 aliphatic rings. The van der Waals surface area contributed by atoms with Crippen LogP contribution in [0.4, 0.5) is 0 Å². The largest absolute Gasteiger partial charge is 0.382 e. The van der Waals surface area contributed by atoms with Gasteiger partial charge in [0, 0.05) is 25.9 Å². The molecule has 1 unspecified atom stereocenters. The van der Waals surface area contributed by atoms with Gasteiger partial charge in [0.15, 0.2) is 0 Å². The normalized spacial score (nSPS) is 22.0. The second-order valence-electron chi connectivity index (χ2n) is 5.69. The summed E-state index contributed by atoms with van der Waals surface area (Å²) in [5.74, 6) is -0.804. The molecule has 1 aliphatic heterocycles. The van der Waals surface area contributed by atoms with Gasteiger partial charge in [-0.15, -0.1) is 0 Å². The number of imidazole rings is 1. The Morgan fingerprint density at radius 3 is 2.76 bits per heavy atom. The monoisotopic (exact) mass is 294 g/mol. The van der Waals surface area contributed by atoms with Gasteiger partial charge >= 0.3 is 0 Å². The van der Waals surface area contributed by atoms with Gasteiger partial charge in [-0.2, -0.15) is 0 Å². The molecule has 1 fully saturated rings. The molecule has 1 aromatic heterocycles. The van der Waals surface area contributed by atoms with Crippen LogP contribution in [0.1, 0.15) is 43.2 Å². The number of likely N-dealkylation sites (tertiary alicyclic amines) is 1. The maximum Gasteiger partial charge on any atom is 0.275 e. The highest BCUT2D eigenvalue weighted by atomic mass is 16.5. The van der Waals surface area contributed by atoms with E-state index >= 15 is 0 Å². The molecule has 0 bridgehead atoms. The summed E-state index contributed by atoms with van der Waals surface area (Å²) in [6.45, 7) is 4.60. The van der Waals surface area contributed by atoms with E-state index in [0.717, 1.165) is 6.42 Å². The van der Waals surface area contributed by atoms with Crippen molar-refractivity contribution < 1.29 is 14.3 Å². The molecule has 0 aliphatic carbocycles. The summed E-state index contributed by atoms with van der Waals surface area (Å²) in [6, 6.07) is 0.220. The van der Waals surface area contributed by atoms with Crippen LogP contribution in [0.25, 0.3) is 0 Å². The van der Waals surface area contributed by atoms with Crippen LogP contribution in [0, 0.1) is 0 Å². The van der Waals surface area contributed by atoms with Gasteiger partial charge in [0.2, 0.25) is 5.91 Å². The van der Waals surface area contributed by atoms with Crippen molar-refractivity contribution in [2.24, 2.45) is 5.73 Å². The van der Waals surface area contributed by atoms with E-state index in [1.54, 1.807) is 12.5 Å². The van der Waals surface area contributed by atoms with Crippen molar-refractivity contribution in [3.63, 3.8) is 0 Å². The van der Waals surface area contributed by atoms with Crippen molar-refractivity contribution in [3.05, 3.63) is 18.2 Å². The summed E-state index contributed by atoms with van der Waals surface area (Å²) < 4.78 is 6.98. The van der Waals surface area contributed by atoms with Crippen LogP contribution < -0.4 is 5.73 Å². The van der Waals surface area contributed by atoms with E-state index in [9.17, 15) is 9.59 Å². The molecule has 1 aromatic rings. The molecule has 2 rings (SSSR count). The van der Waals surface area contributed by atoms with Crippen LogP contribution in [-0.4, -0.2) is 52.1 Å². The van der Waals surface area contributed by atoms with Crippen LogP contribution in [0.2, 0.25) is 0 Å². The highest BCUT2D eigenvalue weighted by Crippen LogP contribution is 2.31. The summed E-state index contributed by atoms with van der Waals surface area (Å²) in [4.78, 5) is 30.2. The summed E-state index contributed by atoms with van der Waals surface area (Å²) in [5.41, 5.74) is 4.80. The number of hydrogen-bond donors (Lipinski definition) is 1. The molecule has 0 spiro atoms. The Kier molecular flexibility index (Phi) is 4.32. The number of ether oxygens (including phenoxy) is 1. The average Bonchev–Trinajstić information content (AvgIpc) is 3.05. The first-order chi connectivity index (χ1) is 9.92. The van der Waals surface area contributed by atoms with E-state index in [-0.39, 0.29) is 18.6 Å². The summed E-state index contributed by atoms with van der Waals surface area (Å²) in [6.07, 6.45) is 4.57. The van der Waals surface area contributed by atoms with Gasteiger partial charge in [-0.05, 0) is 26.7 Å². The highest BCUT2D eigenvalue weighted by Gasteiger charge is 2.49. The van der Waals surface area contributed by atoms with E-state index in [1.807, 2.05) is 18.4 Å². The molecule has 1 saturated heterocycles. The zero-order chi connectivity index (χ0) is 15.6. The Labute approximate surface area is 124 Å². The molecule has 0 saturated carbocycles. The van der Waals surface area contributed by atoms with Gasteiger partial charge in [0.1, 0.15) is 11.2 Å². The average molecular weight is 294 g/mol. The lowest BCUT2D eigenvalue weighted by molar-refractivity contribution is -0.130. The molecule has 2 amide bonds. The van der Waals surface area contributed by atoms with Crippen LogP contribution >= 0.6 is 0 Å². The first kappa shape index (κ1) is 15.5. The smallest absolute Gasteiger partial charge is 0.275 e. The van der Waals surface area contributed by atoms with Crippen LogP contribution in [-0.2, 0) is 9.53 Å². The lowest BCUT2D eigenvalue weighted by Gasteiger charge is -2.34. The number of methoxy groups -OCH3 is 1. The molecule has 7 nitrogen and oxygen atoms in total. The molecule has 116 valence electrons. The Bertz CT molecular complexity index is 540. The fourth-order valence-electron chi connectivity index (χ4n) is 2.76. The Hall–Kier alpha value is -1.89. The minimum atomic E-state index is -1.06. The second-order valence-corrected chi connectivity index (χ2v) is 5.69. The SMILES string of the molecule is COCC1(C(N)=O)CCCN1C(=O)c1cn(C(C)C)cn1. The maximum atomic E-state index is 12.7. The number of carbonyl (C=O) groups is 2. The van der Waals surface area contributed by atoms with Gasteiger partial charge < -0.3 is 19.9 Å². The van der Waals surface area contributed by atoms with Crippen molar-refractivity contribution in [2.45, 2.75) is 38.3 Å². The summed E-state index contributed by atoms with van der Waals surface area (Å²) in [5, 5.41) is 0. The Morgan fingerprint density at radius 2 is 2.24 bits per heavy atom. The van der Waals surface area contributed by atoms with Crippen molar-refractivity contribution >= 4 is 11.8 Å². The standard InChI is InChI=1S/C14H22N4O3/c1-10(2)17-7-11(16-9-17)12(19)18-6-4-5-14(18,8-21-3)13(15)20/h7,9-10H,4-6,8H2,1-3H3,(H2,15,20). The summed E-state index contributed by atoms with van der Waals surface area (Å²) in [7, 11) is 1.50. The van der Waals surface area contributed by atoms with Crippen molar-refractivity contribution in [1.29, 1.82) is 0 Å². The van der Waals surface area contributed by atoms with Crippen molar-refractivity contribution in [2.75, 3.05) is 20.3 Å². The molecule has 7 heteroatoms. The van der Waals surface area contributed by atoms with Crippen LogP contribution in [0.15, 0.2) is 12.5 Å². The molecule has 2 N–H and O–H groups in total. The second kappa shape index (κ2) is 5.85. The third-order valence-corrected chi connectivity index (χ3v) is 3.99. The fourth-order valence-corrected chi connectivity index (χ4v) is 2.76. The number of carbonyl (C=O) groups excluding carboxylic acids is 2. The van der Waals surface area contributed by atoms with Gasteiger partial charge in [-0.25, -0.2) is 4.98 Å². The van der Waals surface area contributed by atoms with Gasteiger partial charge in [0.05, 0.1) is 12.9 Å². The number of nitrogens with zero attached hydrogens (tertiary/aromatic N) is 3. The van der Waals surface area contributed by atoms with E-state index in [1.165, 1.54) is 12.0 Å². The van der Waals surface area contributed by atoms with Gasteiger partial charge in [-0.3, -0.25) is 9.59 Å². The minimum Gasteiger partial charge on any atom is -0.382 e. The molecule has 21 heavy (non-hydrogen) atoms. The fraction of sp³-hybridized carbons (Fsp3) is 0.643. The minimum absolute atomic E-state index is 0.110. The molecular formula is C14H22N4O3. The molecule has 2 heterocycles. The number of hydrogen-bond acceptors (Lipinski definition) is 4. The summed E-state index contributed by atoms with van der Waals surface area (Å²) >= 11 is 0. The van der Waals surface area contributed by atoms with Gasteiger partial charge in [0.25, 0.3) is 5.91 Å². The quantitative estimate of drug-likeness (QED) is 0.859. The Morgan fingerprint density at radius 1 is 1.52 bits per heavy atom. The van der Waals surface area contributed by atoms with Crippen molar-refractivity contribution in [3.8, 4) is 0 Å². The van der Waals surface area contributed by atoms with Crippen LogP contribution in [0.5, 0.6) is 0 Å². The number of aromatic nitrogens is 2. The first-order valence-electron chi connectivity index (χ1n) is 7.06. The van der Waals surface area contributed by atoms with E-state index in [0.29, 0.717) is 18.7 Å². The van der Waals surface area contributed by atoms with E-state index < -0.39 is 11.4 Å². The lowest BCUT2D eigenvalue weighted by atomic mass is 9.96. The van der Waals surface area contributed by atoms with E-state index in [2.05, 4.69) is 4.98 Å². The molecule has 0 aromatic carbocycles. The predicted molar refractivity (Wildman–Crippen MR) is 76.7 cm³/mol. The third-order valence-electron chi connectivity index (χ3n) is 3.99. The topological polar surface area (TPSA) is 90.5 Å². The number of amides is 2. The van der Waals surface area contributed by atoms with Crippen molar-refractivity contribution in [1.82, 2.24) is 14.5 Å². The highest BCUT2D eigenvalue weighted by molar-refractivity contribution is 5.98.